The standard InChI is InChI=1S/C37H27N3Si/c1-38-28-18-11-16-25-32-24-15-8-10-19-30(24)41(2,3)37(32)40-35-26(20-21-29(38)34(35)33(25)28)31-23-14-7-9-17-27(23)39(36(31)40)22-12-5-4-6-13-22/h4-21H,1-3H3. The quantitative estimate of drug-likeness (QED) is 0.187. The van der Waals surface area contributed by atoms with Crippen LogP contribution in [0.4, 0.5) is 0 Å². The summed E-state index contributed by atoms with van der Waals surface area (Å²) in [5, 5.41) is 11.2. The predicted molar refractivity (Wildman–Crippen MR) is 177 cm³/mol. The molecular formula is C37H27N3Si. The fraction of sp³-hybridized carbons (Fsp3) is 0.0811. The maximum Gasteiger partial charge on any atom is 0.134 e. The molecule has 0 atom stereocenters. The molecule has 0 aliphatic carbocycles. The average molecular weight is 542 g/mol. The minimum Gasteiger partial charge on any atom is -0.344 e. The summed E-state index contributed by atoms with van der Waals surface area (Å²) in [7, 11) is 0.107. The molecule has 9 aromatic rings. The Kier molecular flexibility index (Phi) is 3.80. The molecule has 194 valence electrons. The lowest BCUT2D eigenvalue weighted by Gasteiger charge is -2.21. The maximum atomic E-state index is 2.72. The molecule has 0 radical (unpaired) electrons. The lowest BCUT2D eigenvalue weighted by Crippen LogP contribution is -2.51. The molecule has 0 saturated heterocycles. The van der Waals surface area contributed by atoms with Crippen molar-refractivity contribution in [1.29, 1.82) is 0 Å². The van der Waals surface area contributed by atoms with Crippen molar-refractivity contribution < 1.29 is 0 Å². The van der Waals surface area contributed by atoms with E-state index in [0.29, 0.717) is 0 Å². The second-order valence-electron chi connectivity index (χ2n) is 12.2. The first-order valence-electron chi connectivity index (χ1n) is 14.5. The van der Waals surface area contributed by atoms with Gasteiger partial charge < -0.3 is 8.97 Å². The van der Waals surface area contributed by atoms with Crippen LogP contribution in [-0.4, -0.2) is 21.6 Å². The Balaban J connectivity index is 1.64. The summed E-state index contributed by atoms with van der Waals surface area (Å²) in [5.41, 5.74) is 10.5. The fourth-order valence-electron chi connectivity index (χ4n) is 8.30. The van der Waals surface area contributed by atoms with Crippen LogP contribution >= 0.6 is 0 Å². The van der Waals surface area contributed by atoms with Gasteiger partial charge in [0, 0.05) is 56.1 Å². The topological polar surface area (TPSA) is 14.3 Å². The van der Waals surface area contributed by atoms with Gasteiger partial charge in [-0.2, -0.15) is 0 Å². The first kappa shape index (κ1) is 22.0. The molecule has 5 aromatic carbocycles. The SMILES string of the molecule is Cn1c2cccc3c4c(n5c6c(ccc1c6c32)c1c2ccccc2n(-c2ccccc2)c15)[Si](C)(C)c1ccccc1-4. The average Bonchev–Trinajstić information content (AvgIpc) is 3.64. The Morgan fingerprint density at radius 3 is 2.15 bits per heavy atom. The lowest BCUT2D eigenvalue weighted by molar-refractivity contribution is 1.01. The number of nitrogens with zero attached hydrogens (tertiary/aromatic N) is 3. The van der Waals surface area contributed by atoms with Crippen LogP contribution in [0.25, 0.3) is 76.8 Å². The van der Waals surface area contributed by atoms with E-state index in [1.165, 1.54) is 87.3 Å². The lowest BCUT2D eigenvalue weighted by atomic mass is 10.00. The van der Waals surface area contributed by atoms with Crippen LogP contribution in [0.1, 0.15) is 0 Å². The molecule has 1 aliphatic heterocycles. The van der Waals surface area contributed by atoms with E-state index in [1.54, 1.807) is 0 Å². The molecule has 0 fully saturated rings. The summed E-state index contributed by atoms with van der Waals surface area (Å²) in [5.74, 6) is 0. The molecular weight excluding hydrogens is 515 g/mol. The second-order valence-corrected chi connectivity index (χ2v) is 16.5. The van der Waals surface area contributed by atoms with Crippen molar-refractivity contribution in [3.05, 3.63) is 109 Å². The molecule has 0 amide bonds. The molecule has 5 heterocycles. The number of aryl methyl sites for hydroxylation is 1. The first-order chi connectivity index (χ1) is 20.1. The molecule has 0 spiro atoms. The van der Waals surface area contributed by atoms with Crippen molar-refractivity contribution in [2.45, 2.75) is 13.1 Å². The molecule has 0 bridgehead atoms. The second kappa shape index (κ2) is 7.09. The van der Waals surface area contributed by atoms with Crippen LogP contribution < -0.4 is 10.5 Å². The highest BCUT2D eigenvalue weighted by molar-refractivity contribution is 7.03. The van der Waals surface area contributed by atoms with Gasteiger partial charge in [0.15, 0.2) is 0 Å². The Bertz CT molecular complexity index is 2560. The highest BCUT2D eigenvalue weighted by Gasteiger charge is 2.42. The number of benzene rings is 5. The van der Waals surface area contributed by atoms with Gasteiger partial charge in [0.05, 0.1) is 16.6 Å². The van der Waals surface area contributed by atoms with Crippen LogP contribution in [-0.2, 0) is 7.05 Å². The van der Waals surface area contributed by atoms with Crippen molar-refractivity contribution in [2.75, 3.05) is 0 Å². The third-order valence-electron chi connectivity index (χ3n) is 9.93. The number of hydrogen-bond donors (Lipinski definition) is 0. The summed E-state index contributed by atoms with van der Waals surface area (Å²) >= 11 is 0. The van der Waals surface area contributed by atoms with E-state index in [4.69, 9.17) is 0 Å². The van der Waals surface area contributed by atoms with Crippen molar-refractivity contribution >= 4 is 78.6 Å². The van der Waals surface area contributed by atoms with E-state index in [-0.39, 0.29) is 0 Å². The van der Waals surface area contributed by atoms with E-state index in [9.17, 15) is 0 Å². The maximum absolute atomic E-state index is 2.72. The van der Waals surface area contributed by atoms with E-state index < -0.39 is 8.07 Å². The normalized spacial score (nSPS) is 14.4. The molecule has 0 unspecified atom stereocenters. The number of rotatable bonds is 1. The minimum atomic E-state index is -2.12. The number of hydrogen-bond acceptors (Lipinski definition) is 0. The van der Waals surface area contributed by atoms with E-state index >= 15 is 0 Å². The van der Waals surface area contributed by atoms with Crippen molar-refractivity contribution in [3.8, 4) is 16.8 Å². The summed E-state index contributed by atoms with van der Waals surface area (Å²) in [4.78, 5) is 0. The molecule has 4 aromatic heterocycles. The Hall–Kier alpha value is -4.80. The van der Waals surface area contributed by atoms with Crippen molar-refractivity contribution in [2.24, 2.45) is 7.05 Å². The Labute approximate surface area is 237 Å². The molecule has 0 N–H and O–H groups in total. The van der Waals surface area contributed by atoms with Gasteiger partial charge in [0.25, 0.3) is 0 Å². The van der Waals surface area contributed by atoms with Crippen LogP contribution in [0.15, 0.2) is 109 Å². The highest BCUT2D eigenvalue weighted by atomic mass is 28.3. The van der Waals surface area contributed by atoms with Gasteiger partial charge in [0.2, 0.25) is 0 Å². The third kappa shape index (κ3) is 2.36. The van der Waals surface area contributed by atoms with Crippen molar-refractivity contribution in [1.82, 2.24) is 13.5 Å². The number of para-hydroxylation sites is 2. The van der Waals surface area contributed by atoms with Gasteiger partial charge >= 0.3 is 0 Å². The zero-order valence-corrected chi connectivity index (χ0v) is 24.2. The predicted octanol–water partition coefficient (Wildman–Crippen LogP) is 8.08. The van der Waals surface area contributed by atoms with Gasteiger partial charge in [-0.1, -0.05) is 85.9 Å². The molecule has 41 heavy (non-hydrogen) atoms. The molecule has 4 heteroatoms. The smallest absolute Gasteiger partial charge is 0.134 e. The zero-order chi connectivity index (χ0) is 27.2. The monoisotopic (exact) mass is 541 g/mol. The van der Waals surface area contributed by atoms with Gasteiger partial charge in [-0.3, -0.25) is 4.57 Å². The summed E-state index contributed by atoms with van der Waals surface area (Å²) in [6, 6.07) is 40.8. The van der Waals surface area contributed by atoms with Gasteiger partial charge in [-0.05, 0) is 52.5 Å². The van der Waals surface area contributed by atoms with E-state index in [0.717, 1.165) is 0 Å². The van der Waals surface area contributed by atoms with Crippen LogP contribution in [0.5, 0.6) is 0 Å². The largest absolute Gasteiger partial charge is 0.344 e. The Morgan fingerprint density at radius 1 is 0.561 bits per heavy atom. The Morgan fingerprint density at radius 2 is 1.27 bits per heavy atom. The molecule has 0 saturated carbocycles. The molecule has 1 aliphatic rings. The van der Waals surface area contributed by atoms with Crippen LogP contribution in [0.2, 0.25) is 13.1 Å². The molecule has 3 nitrogen and oxygen atoms in total. The first-order valence-corrected chi connectivity index (χ1v) is 17.5. The van der Waals surface area contributed by atoms with Crippen LogP contribution in [0.3, 0.4) is 0 Å². The van der Waals surface area contributed by atoms with Crippen molar-refractivity contribution in [3.63, 3.8) is 0 Å². The highest BCUT2D eigenvalue weighted by Crippen LogP contribution is 2.47. The minimum absolute atomic E-state index is 1.20. The third-order valence-corrected chi connectivity index (χ3v) is 13.4. The summed E-state index contributed by atoms with van der Waals surface area (Å²) < 4.78 is 7.64. The summed E-state index contributed by atoms with van der Waals surface area (Å²) in [6.07, 6.45) is 0. The van der Waals surface area contributed by atoms with Crippen LogP contribution in [0, 0.1) is 0 Å². The number of aromatic nitrogens is 3. The van der Waals surface area contributed by atoms with Gasteiger partial charge in [0.1, 0.15) is 13.7 Å². The zero-order valence-electron chi connectivity index (χ0n) is 23.2. The van der Waals surface area contributed by atoms with Gasteiger partial charge in [-0.25, -0.2) is 0 Å². The van der Waals surface area contributed by atoms with Gasteiger partial charge in [-0.15, -0.1) is 0 Å². The fourth-order valence-corrected chi connectivity index (χ4v) is 11.6. The molecule has 10 rings (SSSR count). The van der Waals surface area contributed by atoms with E-state index in [1.807, 2.05) is 0 Å². The summed E-state index contributed by atoms with van der Waals surface area (Å²) in [6.45, 7) is 5.11. The van der Waals surface area contributed by atoms with E-state index in [2.05, 4.69) is 143 Å². The number of fused-ring (bicyclic) bond motifs is 10.